The van der Waals surface area contributed by atoms with Gasteiger partial charge in [0.25, 0.3) is 0 Å². The molecule has 0 aliphatic rings. The van der Waals surface area contributed by atoms with E-state index in [-0.39, 0.29) is 0 Å². The Bertz CT molecular complexity index is 1750. The van der Waals surface area contributed by atoms with Crippen LogP contribution in [0.15, 0.2) is 97.3 Å². The average molecular weight is 401 g/mol. The summed E-state index contributed by atoms with van der Waals surface area (Å²) in [7, 11) is 0. The van der Waals surface area contributed by atoms with Crippen molar-refractivity contribution in [3.63, 3.8) is 0 Å². The maximum atomic E-state index is 4.32. The van der Waals surface area contributed by atoms with Gasteiger partial charge in [-0.3, -0.25) is 4.98 Å². The van der Waals surface area contributed by atoms with Crippen LogP contribution in [0.3, 0.4) is 0 Å². The number of hydrogen-bond acceptors (Lipinski definition) is 2. The van der Waals surface area contributed by atoms with E-state index in [9.17, 15) is 0 Å². The van der Waals surface area contributed by atoms with Crippen LogP contribution in [0.1, 0.15) is 0 Å². The van der Waals surface area contributed by atoms with Gasteiger partial charge in [-0.25, -0.2) is 0 Å². The molecular weight excluding hydrogens is 384 g/mol. The molecule has 3 heteroatoms. The molecule has 4 aromatic carbocycles. The first-order valence-electron chi connectivity index (χ1n) is 10.1. The Hall–Kier alpha value is -3.69. The van der Waals surface area contributed by atoms with Crippen LogP contribution < -0.4 is 0 Å². The Labute approximate surface area is 176 Å². The van der Waals surface area contributed by atoms with Crippen LogP contribution in [0, 0.1) is 0 Å². The van der Waals surface area contributed by atoms with Crippen LogP contribution in [0.25, 0.3) is 58.4 Å². The molecule has 0 saturated heterocycles. The molecule has 0 spiro atoms. The van der Waals surface area contributed by atoms with Crippen molar-refractivity contribution in [2.75, 3.05) is 0 Å². The highest BCUT2D eigenvalue weighted by molar-refractivity contribution is 7.25. The summed E-state index contributed by atoms with van der Waals surface area (Å²) in [6, 6.07) is 30.8. The average Bonchev–Trinajstić information content (AvgIpc) is 3.32. The minimum atomic E-state index is 1.16. The first-order valence-corrected chi connectivity index (χ1v) is 10.9. The number of hydrogen-bond donors (Lipinski definition) is 0. The Morgan fingerprint density at radius 3 is 2.43 bits per heavy atom. The van der Waals surface area contributed by atoms with Gasteiger partial charge < -0.3 is 4.57 Å². The molecule has 0 aliphatic heterocycles. The molecule has 3 aromatic heterocycles. The molecule has 0 saturated carbocycles. The highest BCUT2D eigenvalue weighted by Crippen LogP contribution is 2.41. The zero-order chi connectivity index (χ0) is 19.7. The lowest BCUT2D eigenvalue weighted by Crippen LogP contribution is -1.95. The summed E-state index contributed by atoms with van der Waals surface area (Å²) < 4.78 is 5.10. The number of nitrogens with zero attached hydrogens (tertiary/aromatic N) is 2. The van der Waals surface area contributed by atoms with Gasteiger partial charge in [0.1, 0.15) is 0 Å². The second kappa shape index (κ2) is 5.91. The van der Waals surface area contributed by atoms with E-state index in [1.165, 1.54) is 53.1 Å². The fourth-order valence-corrected chi connectivity index (χ4v) is 5.87. The van der Waals surface area contributed by atoms with Gasteiger partial charge in [-0.05, 0) is 36.4 Å². The number of aromatic nitrogens is 2. The molecule has 0 fully saturated rings. The minimum absolute atomic E-state index is 1.16. The van der Waals surface area contributed by atoms with E-state index in [0.717, 1.165) is 5.39 Å². The number of para-hydroxylation sites is 1. The van der Waals surface area contributed by atoms with Crippen LogP contribution in [-0.4, -0.2) is 9.55 Å². The second-order valence-corrected chi connectivity index (χ2v) is 8.77. The molecule has 7 rings (SSSR count). The molecule has 0 unspecified atom stereocenters. The number of fused-ring (bicyclic) bond motifs is 7. The fourth-order valence-electron chi connectivity index (χ4n) is 4.75. The van der Waals surface area contributed by atoms with Gasteiger partial charge in [0.05, 0.1) is 16.7 Å². The first-order chi connectivity index (χ1) is 14.9. The van der Waals surface area contributed by atoms with Gasteiger partial charge in [0.15, 0.2) is 0 Å². The molecule has 7 aromatic rings. The summed E-state index contributed by atoms with van der Waals surface area (Å²) in [4.78, 5) is 4.32. The van der Waals surface area contributed by atoms with E-state index in [2.05, 4.69) is 94.5 Å². The van der Waals surface area contributed by atoms with Gasteiger partial charge in [-0.2, -0.15) is 0 Å². The standard InChI is InChI=1S/C27H16N2S/c1-3-9-24-19(7-1)21-15-27-22(20-8-2-4-11-26(20)30-27)14-25(21)29(24)23-10-5-6-17-16-28-13-12-18(17)23/h1-16H. The summed E-state index contributed by atoms with van der Waals surface area (Å²) in [6.45, 7) is 0. The summed E-state index contributed by atoms with van der Waals surface area (Å²) in [6.07, 6.45) is 3.82. The van der Waals surface area contributed by atoms with Gasteiger partial charge >= 0.3 is 0 Å². The van der Waals surface area contributed by atoms with E-state index in [4.69, 9.17) is 0 Å². The molecule has 0 bridgehead atoms. The van der Waals surface area contributed by atoms with Crippen LogP contribution in [0.5, 0.6) is 0 Å². The first kappa shape index (κ1) is 16.1. The van der Waals surface area contributed by atoms with Crippen molar-refractivity contribution in [1.82, 2.24) is 9.55 Å². The topological polar surface area (TPSA) is 17.8 Å². The Kier molecular flexibility index (Phi) is 3.18. The lowest BCUT2D eigenvalue weighted by molar-refractivity contribution is 1.20. The molecular formula is C27H16N2S. The normalized spacial score (nSPS) is 12.0. The summed E-state index contributed by atoms with van der Waals surface area (Å²) in [5.41, 5.74) is 3.68. The molecule has 0 atom stereocenters. The van der Waals surface area contributed by atoms with Crippen molar-refractivity contribution < 1.29 is 0 Å². The number of thiophene rings is 1. The SMILES string of the molecule is c1cc(-n2c3ccccc3c3cc4sc5ccccc5c4cc32)c2ccncc2c1. The molecule has 0 radical (unpaired) electrons. The van der Waals surface area contributed by atoms with Crippen LogP contribution >= 0.6 is 11.3 Å². The van der Waals surface area contributed by atoms with E-state index >= 15 is 0 Å². The van der Waals surface area contributed by atoms with Gasteiger partial charge in [-0.15, -0.1) is 11.3 Å². The molecule has 30 heavy (non-hydrogen) atoms. The number of pyridine rings is 1. The lowest BCUT2D eigenvalue weighted by Gasteiger charge is -2.11. The third kappa shape index (κ3) is 2.10. The van der Waals surface area contributed by atoms with Crippen molar-refractivity contribution in [3.8, 4) is 5.69 Å². The third-order valence-electron chi connectivity index (χ3n) is 6.07. The maximum Gasteiger partial charge on any atom is 0.0548 e. The smallest absolute Gasteiger partial charge is 0.0548 e. The predicted octanol–water partition coefficient (Wildman–Crippen LogP) is 7.70. The maximum absolute atomic E-state index is 4.32. The van der Waals surface area contributed by atoms with Crippen molar-refractivity contribution in [1.29, 1.82) is 0 Å². The van der Waals surface area contributed by atoms with Crippen molar-refractivity contribution in [2.45, 2.75) is 0 Å². The van der Waals surface area contributed by atoms with Crippen molar-refractivity contribution >= 4 is 64.1 Å². The van der Waals surface area contributed by atoms with Gasteiger partial charge in [0, 0.05) is 54.1 Å². The summed E-state index contributed by atoms with van der Waals surface area (Å²) >= 11 is 1.88. The van der Waals surface area contributed by atoms with Crippen LogP contribution in [0.2, 0.25) is 0 Å². The van der Waals surface area contributed by atoms with Crippen molar-refractivity contribution in [3.05, 3.63) is 97.3 Å². The van der Waals surface area contributed by atoms with Crippen molar-refractivity contribution in [2.24, 2.45) is 0 Å². The zero-order valence-electron chi connectivity index (χ0n) is 16.0. The molecule has 3 heterocycles. The quantitative estimate of drug-likeness (QED) is 0.276. The highest BCUT2D eigenvalue weighted by atomic mass is 32.1. The van der Waals surface area contributed by atoms with Crippen LogP contribution in [0.4, 0.5) is 0 Å². The summed E-state index contributed by atoms with van der Waals surface area (Å²) in [5, 5.41) is 7.62. The van der Waals surface area contributed by atoms with E-state index in [1.54, 1.807) is 0 Å². The van der Waals surface area contributed by atoms with E-state index < -0.39 is 0 Å². The zero-order valence-corrected chi connectivity index (χ0v) is 16.9. The van der Waals surface area contributed by atoms with E-state index in [1.807, 2.05) is 23.7 Å². The Morgan fingerprint density at radius 1 is 0.600 bits per heavy atom. The number of rotatable bonds is 1. The Morgan fingerprint density at radius 2 is 1.47 bits per heavy atom. The monoisotopic (exact) mass is 400 g/mol. The van der Waals surface area contributed by atoms with E-state index in [0.29, 0.717) is 0 Å². The summed E-state index contributed by atoms with van der Waals surface area (Å²) in [5.74, 6) is 0. The third-order valence-corrected chi connectivity index (χ3v) is 7.20. The lowest BCUT2D eigenvalue weighted by atomic mass is 10.1. The Balaban J connectivity index is 1.72. The van der Waals surface area contributed by atoms with Gasteiger partial charge in [-0.1, -0.05) is 48.5 Å². The highest BCUT2D eigenvalue weighted by Gasteiger charge is 2.16. The fraction of sp³-hybridized carbons (Fsp3) is 0. The molecule has 0 aliphatic carbocycles. The van der Waals surface area contributed by atoms with Gasteiger partial charge in [0.2, 0.25) is 0 Å². The minimum Gasteiger partial charge on any atom is -0.309 e. The number of benzene rings is 4. The molecule has 0 N–H and O–H groups in total. The van der Waals surface area contributed by atoms with Crippen LogP contribution in [-0.2, 0) is 0 Å². The molecule has 0 amide bonds. The molecule has 140 valence electrons. The predicted molar refractivity (Wildman–Crippen MR) is 129 cm³/mol. The molecule has 2 nitrogen and oxygen atoms in total. The second-order valence-electron chi connectivity index (χ2n) is 7.69. The largest absolute Gasteiger partial charge is 0.309 e.